The molecule has 0 aliphatic carbocycles. The number of amides is 2. The van der Waals surface area contributed by atoms with Gasteiger partial charge in [-0.2, -0.15) is 13.2 Å². The molecule has 2 aliphatic rings. The van der Waals surface area contributed by atoms with Crippen molar-refractivity contribution in [1.82, 2.24) is 20.1 Å². The van der Waals surface area contributed by atoms with Gasteiger partial charge in [-0.05, 0) is 40.8 Å². The third kappa shape index (κ3) is 3.60. The molecule has 1 atom stereocenters. The number of benzene rings is 2. The molecule has 34 heavy (non-hydrogen) atoms. The Hall–Kier alpha value is -3.47. The second-order valence-electron chi connectivity index (χ2n) is 8.54. The third-order valence-electron chi connectivity index (χ3n) is 6.45. The number of urea groups is 1. The molecule has 178 valence electrons. The SMILES string of the molecule is CN(C(=O)N1Cc2ccc(C(F)(F)F)cc2C1)[C@H]1CNCc2[nH]c(=O)c3cc(F)c(F)cc3c21. The fraction of sp³-hybridized carbons (Fsp3) is 0.304. The molecule has 0 unspecified atom stereocenters. The van der Waals surface area contributed by atoms with Crippen LogP contribution in [0.5, 0.6) is 0 Å². The molecule has 2 aliphatic heterocycles. The molecule has 3 heterocycles. The molecule has 2 aromatic carbocycles. The van der Waals surface area contributed by atoms with Gasteiger partial charge in [-0.15, -0.1) is 0 Å². The Morgan fingerprint density at radius 1 is 1.06 bits per heavy atom. The largest absolute Gasteiger partial charge is 0.416 e. The predicted octanol–water partition coefficient (Wildman–Crippen LogP) is 4.04. The molecule has 1 aromatic heterocycles. The fourth-order valence-corrected chi connectivity index (χ4v) is 4.74. The zero-order valence-corrected chi connectivity index (χ0v) is 17.9. The standard InChI is InChI=1S/C23H19F5N4O2/c1-31(22(34)32-9-11-2-3-13(23(26,27)28)4-12(11)10-32)19-8-29-7-18-20(19)14-5-16(24)17(25)6-15(14)21(33)30-18/h2-6,19,29H,7-10H2,1H3,(H,30,33)/t19-/m0/s1. The Balaban J connectivity index is 1.48. The number of aromatic amines is 1. The number of nitrogens with zero attached hydrogens (tertiary/aromatic N) is 2. The third-order valence-corrected chi connectivity index (χ3v) is 6.45. The van der Waals surface area contributed by atoms with Crippen LogP contribution >= 0.6 is 0 Å². The van der Waals surface area contributed by atoms with Gasteiger partial charge < -0.3 is 20.1 Å². The van der Waals surface area contributed by atoms with Crippen molar-refractivity contribution < 1.29 is 26.7 Å². The second-order valence-corrected chi connectivity index (χ2v) is 8.54. The van der Waals surface area contributed by atoms with E-state index in [1.54, 1.807) is 0 Å². The van der Waals surface area contributed by atoms with E-state index in [9.17, 15) is 31.5 Å². The van der Waals surface area contributed by atoms with Crippen LogP contribution in [0.25, 0.3) is 10.8 Å². The number of hydrogen-bond donors (Lipinski definition) is 2. The van der Waals surface area contributed by atoms with Crippen molar-refractivity contribution in [1.29, 1.82) is 0 Å². The van der Waals surface area contributed by atoms with Crippen molar-refractivity contribution in [3.8, 4) is 0 Å². The van der Waals surface area contributed by atoms with Crippen LogP contribution < -0.4 is 10.9 Å². The molecule has 0 saturated carbocycles. The monoisotopic (exact) mass is 478 g/mol. The first-order valence-electron chi connectivity index (χ1n) is 10.5. The zero-order valence-electron chi connectivity index (χ0n) is 17.9. The van der Waals surface area contributed by atoms with E-state index in [-0.39, 0.29) is 37.0 Å². The first-order chi connectivity index (χ1) is 16.0. The van der Waals surface area contributed by atoms with Crippen LogP contribution in [0.3, 0.4) is 0 Å². The van der Waals surface area contributed by atoms with E-state index in [0.717, 1.165) is 24.3 Å². The summed E-state index contributed by atoms with van der Waals surface area (Å²) in [4.78, 5) is 31.2. The van der Waals surface area contributed by atoms with E-state index in [1.165, 1.54) is 22.9 Å². The Bertz CT molecular complexity index is 1380. The van der Waals surface area contributed by atoms with Gasteiger partial charge in [-0.3, -0.25) is 4.79 Å². The van der Waals surface area contributed by atoms with Crippen molar-refractivity contribution in [3.63, 3.8) is 0 Å². The number of fused-ring (bicyclic) bond motifs is 4. The summed E-state index contributed by atoms with van der Waals surface area (Å²) in [5, 5.41) is 3.28. The molecular weight excluding hydrogens is 459 g/mol. The van der Waals surface area contributed by atoms with Crippen LogP contribution in [0.1, 0.15) is 34.0 Å². The second kappa shape index (κ2) is 7.79. The number of halogens is 5. The van der Waals surface area contributed by atoms with Gasteiger partial charge in [0.15, 0.2) is 11.6 Å². The van der Waals surface area contributed by atoms with Gasteiger partial charge >= 0.3 is 12.2 Å². The number of likely N-dealkylation sites (N-methyl/N-ethyl adjacent to an activating group) is 1. The Kier molecular flexibility index (Phi) is 5.12. The molecule has 0 fully saturated rings. The lowest BCUT2D eigenvalue weighted by Crippen LogP contribution is -2.46. The maximum Gasteiger partial charge on any atom is 0.416 e. The summed E-state index contributed by atoms with van der Waals surface area (Å²) in [5.41, 5.74) is 0.664. The average Bonchev–Trinajstić information content (AvgIpc) is 3.22. The zero-order chi connectivity index (χ0) is 24.4. The van der Waals surface area contributed by atoms with E-state index >= 15 is 0 Å². The number of rotatable bonds is 1. The molecule has 0 bridgehead atoms. The molecule has 0 spiro atoms. The molecular formula is C23H19F5N4O2. The van der Waals surface area contributed by atoms with Crippen LogP contribution in [0, 0.1) is 11.6 Å². The number of alkyl halides is 3. The molecule has 2 N–H and O–H groups in total. The van der Waals surface area contributed by atoms with Gasteiger partial charge in [0.25, 0.3) is 5.56 Å². The van der Waals surface area contributed by atoms with Gasteiger partial charge in [-0.25, -0.2) is 13.6 Å². The lowest BCUT2D eigenvalue weighted by Gasteiger charge is -2.36. The van der Waals surface area contributed by atoms with Crippen molar-refractivity contribution in [3.05, 3.63) is 80.3 Å². The number of hydrogen-bond acceptors (Lipinski definition) is 3. The van der Waals surface area contributed by atoms with Crippen LogP contribution in [-0.4, -0.2) is 34.4 Å². The first-order valence-corrected chi connectivity index (χ1v) is 10.5. The summed E-state index contributed by atoms with van der Waals surface area (Å²) >= 11 is 0. The van der Waals surface area contributed by atoms with Crippen LogP contribution in [-0.2, 0) is 25.8 Å². The van der Waals surface area contributed by atoms with Crippen LogP contribution in [0.2, 0.25) is 0 Å². The molecule has 0 radical (unpaired) electrons. The first kappa shape index (κ1) is 22.3. The number of H-pyrrole nitrogens is 1. The summed E-state index contributed by atoms with van der Waals surface area (Å²) in [7, 11) is 1.53. The number of pyridine rings is 1. The van der Waals surface area contributed by atoms with E-state index in [1.807, 2.05) is 0 Å². The summed E-state index contributed by atoms with van der Waals surface area (Å²) < 4.78 is 67.1. The Morgan fingerprint density at radius 2 is 1.74 bits per heavy atom. The maximum absolute atomic E-state index is 14.1. The summed E-state index contributed by atoms with van der Waals surface area (Å²) in [6.45, 7) is 0.722. The lowest BCUT2D eigenvalue weighted by molar-refractivity contribution is -0.137. The highest BCUT2D eigenvalue weighted by Crippen LogP contribution is 2.36. The summed E-state index contributed by atoms with van der Waals surface area (Å²) in [6.07, 6.45) is -4.48. The number of carbonyl (C=O) groups excluding carboxylic acids is 1. The number of nitrogens with one attached hydrogen (secondary N) is 2. The van der Waals surface area contributed by atoms with Gasteiger partial charge in [0, 0.05) is 44.5 Å². The van der Waals surface area contributed by atoms with E-state index in [4.69, 9.17) is 0 Å². The minimum Gasteiger partial charge on any atom is -0.324 e. The van der Waals surface area contributed by atoms with Gasteiger partial charge in [-0.1, -0.05) is 6.07 Å². The molecule has 3 aromatic rings. The van der Waals surface area contributed by atoms with Gasteiger partial charge in [0.1, 0.15) is 0 Å². The molecule has 2 amide bonds. The lowest BCUT2D eigenvalue weighted by atomic mass is 9.94. The Morgan fingerprint density at radius 3 is 2.44 bits per heavy atom. The van der Waals surface area contributed by atoms with E-state index in [0.29, 0.717) is 22.4 Å². The number of carbonyl (C=O) groups is 1. The molecule has 5 rings (SSSR count). The quantitative estimate of drug-likeness (QED) is 0.519. The number of aromatic nitrogens is 1. The highest BCUT2D eigenvalue weighted by Gasteiger charge is 2.36. The fourth-order valence-electron chi connectivity index (χ4n) is 4.74. The van der Waals surface area contributed by atoms with Crippen LogP contribution in [0.15, 0.2) is 35.1 Å². The minimum absolute atomic E-state index is 0.0155. The highest BCUT2D eigenvalue weighted by atomic mass is 19.4. The van der Waals surface area contributed by atoms with E-state index in [2.05, 4.69) is 10.3 Å². The minimum atomic E-state index is -4.48. The smallest absolute Gasteiger partial charge is 0.324 e. The maximum atomic E-state index is 14.1. The predicted molar refractivity (Wildman–Crippen MR) is 113 cm³/mol. The summed E-state index contributed by atoms with van der Waals surface area (Å²) in [6, 6.07) is 4.14. The highest BCUT2D eigenvalue weighted by molar-refractivity contribution is 5.87. The van der Waals surface area contributed by atoms with Gasteiger partial charge in [0.2, 0.25) is 0 Å². The normalized spacial score (nSPS) is 17.6. The average molecular weight is 478 g/mol. The van der Waals surface area contributed by atoms with E-state index < -0.39 is 41.0 Å². The molecule has 6 nitrogen and oxygen atoms in total. The topological polar surface area (TPSA) is 68.4 Å². The molecule has 0 saturated heterocycles. The summed E-state index contributed by atoms with van der Waals surface area (Å²) in [5.74, 6) is -2.26. The Labute approximate surface area is 190 Å². The van der Waals surface area contributed by atoms with Crippen molar-refractivity contribution in [2.45, 2.75) is 31.9 Å². The van der Waals surface area contributed by atoms with Crippen molar-refractivity contribution >= 4 is 16.8 Å². The van der Waals surface area contributed by atoms with Crippen LogP contribution in [0.4, 0.5) is 26.7 Å². The van der Waals surface area contributed by atoms with Crippen molar-refractivity contribution in [2.75, 3.05) is 13.6 Å². The molecule has 11 heteroatoms. The van der Waals surface area contributed by atoms with Crippen molar-refractivity contribution in [2.24, 2.45) is 0 Å². The van der Waals surface area contributed by atoms with Gasteiger partial charge in [0.05, 0.1) is 17.0 Å².